The van der Waals surface area contributed by atoms with Crippen molar-refractivity contribution in [2.24, 2.45) is 5.73 Å². The number of nitrogens with one attached hydrogen (secondary N) is 1. The van der Waals surface area contributed by atoms with Gasteiger partial charge in [-0.25, -0.2) is 4.98 Å². The van der Waals surface area contributed by atoms with Crippen LogP contribution in [0.25, 0.3) is 0 Å². The molecule has 1 rings (SSSR count). The second-order valence-electron chi connectivity index (χ2n) is 3.85. The Morgan fingerprint density at radius 1 is 1.27 bits per heavy atom. The van der Waals surface area contributed by atoms with Crippen LogP contribution in [0.4, 0.5) is 5.95 Å². The first kappa shape index (κ1) is 11.8. The summed E-state index contributed by atoms with van der Waals surface area (Å²) in [5.74, 6) is 0.600. The van der Waals surface area contributed by atoms with Crippen LogP contribution >= 0.6 is 0 Å². The van der Waals surface area contributed by atoms with E-state index < -0.39 is 0 Å². The topological polar surface area (TPSA) is 76.7 Å². The van der Waals surface area contributed by atoms with Gasteiger partial charge in [0.1, 0.15) is 0 Å². The molecule has 1 unspecified atom stereocenters. The SMILES string of the molecule is Cc1nnc(NCCCC(C)N)nc1C. The third-order valence-corrected chi connectivity index (χ3v) is 2.21. The van der Waals surface area contributed by atoms with Gasteiger partial charge in [-0.15, -0.1) is 5.10 Å². The molecule has 1 aromatic heterocycles. The van der Waals surface area contributed by atoms with Crippen molar-refractivity contribution < 1.29 is 0 Å². The standard InChI is InChI=1S/C10H19N5/c1-7(11)5-4-6-12-10-13-8(2)9(3)14-15-10/h7H,4-6,11H2,1-3H3,(H,12,13,15). The lowest BCUT2D eigenvalue weighted by atomic mass is 10.2. The monoisotopic (exact) mass is 209 g/mol. The summed E-state index contributed by atoms with van der Waals surface area (Å²) in [7, 11) is 0. The first-order valence-electron chi connectivity index (χ1n) is 5.27. The van der Waals surface area contributed by atoms with Crippen molar-refractivity contribution in [3.05, 3.63) is 11.4 Å². The van der Waals surface area contributed by atoms with Crippen LogP contribution in [0.3, 0.4) is 0 Å². The minimum atomic E-state index is 0.255. The van der Waals surface area contributed by atoms with Crippen LogP contribution in [0, 0.1) is 13.8 Å². The molecule has 0 radical (unpaired) electrons. The van der Waals surface area contributed by atoms with Crippen LogP contribution < -0.4 is 11.1 Å². The van der Waals surface area contributed by atoms with Crippen molar-refractivity contribution in [2.45, 2.75) is 39.7 Å². The molecule has 1 heterocycles. The molecular formula is C10H19N5. The zero-order valence-corrected chi connectivity index (χ0v) is 9.62. The second-order valence-corrected chi connectivity index (χ2v) is 3.85. The number of hydrogen-bond donors (Lipinski definition) is 2. The molecule has 15 heavy (non-hydrogen) atoms. The van der Waals surface area contributed by atoms with Crippen LogP contribution in [0.1, 0.15) is 31.2 Å². The zero-order valence-electron chi connectivity index (χ0n) is 9.62. The lowest BCUT2D eigenvalue weighted by molar-refractivity contribution is 0.637. The minimum absolute atomic E-state index is 0.255. The Morgan fingerprint density at radius 2 is 2.00 bits per heavy atom. The molecule has 3 N–H and O–H groups in total. The first-order chi connectivity index (χ1) is 7.09. The summed E-state index contributed by atoms with van der Waals surface area (Å²) in [5, 5.41) is 11.1. The molecule has 0 aliphatic heterocycles. The molecule has 0 aliphatic carbocycles. The molecule has 5 nitrogen and oxygen atoms in total. The molecule has 0 bridgehead atoms. The normalized spacial score (nSPS) is 12.5. The van der Waals surface area contributed by atoms with E-state index in [1.807, 2.05) is 20.8 Å². The average Bonchev–Trinajstić information content (AvgIpc) is 2.18. The number of rotatable bonds is 5. The molecule has 0 aromatic carbocycles. The van der Waals surface area contributed by atoms with Gasteiger partial charge in [0.05, 0.1) is 11.4 Å². The van der Waals surface area contributed by atoms with Crippen molar-refractivity contribution in [1.82, 2.24) is 15.2 Å². The summed E-state index contributed by atoms with van der Waals surface area (Å²) >= 11 is 0. The minimum Gasteiger partial charge on any atom is -0.353 e. The van der Waals surface area contributed by atoms with Crippen molar-refractivity contribution >= 4 is 5.95 Å². The molecule has 0 saturated heterocycles. The summed E-state index contributed by atoms with van der Waals surface area (Å²) in [6.07, 6.45) is 2.03. The van der Waals surface area contributed by atoms with E-state index in [1.54, 1.807) is 0 Å². The highest BCUT2D eigenvalue weighted by Gasteiger charge is 2.00. The van der Waals surface area contributed by atoms with E-state index >= 15 is 0 Å². The van der Waals surface area contributed by atoms with Crippen LogP contribution in [-0.4, -0.2) is 27.8 Å². The molecule has 1 aromatic rings. The highest BCUT2D eigenvalue weighted by Crippen LogP contribution is 2.02. The van der Waals surface area contributed by atoms with Gasteiger partial charge in [0.15, 0.2) is 0 Å². The van der Waals surface area contributed by atoms with Crippen molar-refractivity contribution in [1.29, 1.82) is 0 Å². The second kappa shape index (κ2) is 5.60. The quantitative estimate of drug-likeness (QED) is 0.708. The largest absolute Gasteiger partial charge is 0.353 e. The summed E-state index contributed by atoms with van der Waals surface area (Å²) in [6, 6.07) is 0.255. The van der Waals surface area contributed by atoms with Gasteiger partial charge in [0.25, 0.3) is 0 Å². The number of hydrogen-bond acceptors (Lipinski definition) is 5. The summed E-state index contributed by atoms with van der Waals surface area (Å²) in [5.41, 5.74) is 7.43. The van der Waals surface area contributed by atoms with Crippen LogP contribution in [0.2, 0.25) is 0 Å². The predicted molar refractivity (Wildman–Crippen MR) is 60.7 cm³/mol. The number of nitrogens with two attached hydrogens (primary N) is 1. The van der Waals surface area contributed by atoms with Gasteiger partial charge in [-0.2, -0.15) is 5.10 Å². The van der Waals surface area contributed by atoms with Crippen molar-refractivity contribution in [3.8, 4) is 0 Å². The molecule has 1 atom stereocenters. The van der Waals surface area contributed by atoms with Gasteiger partial charge in [0, 0.05) is 12.6 Å². The molecular weight excluding hydrogens is 190 g/mol. The average molecular weight is 209 g/mol. The Balaban J connectivity index is 2.35. The van der Waals surface area contributed by atoms with Crippen molar-refractivity contribution in [2.75, 3.05) is 11.9 Å². The van der Waals surface area contributed by atoms with E-state index in [2.05, 4.69) is 20.5 Å². The van der Waals surface area contributed by atoms with Crippen LogP contribution in [0.15, 0.2) is 0 Å². The van der Waals surface area contributed by atoms with E-state index in [0.717, 1.165) is 30.8 Å². The molecule has 0 saturated carbocycles. The molecule has 5 heteroatoms. The Hall–Kier alpha value is -1.23. The third kappa shape index (κ3) is 4.20. The van der Waals surface area contributed by atoms with Gasteiger partial charge < -0.3 is 11.1 Å². The highest BCUT2D eigenvalue weighted by molar-refractivity contribution is 5.24. The van der Waals surface area contributed by atoms with Gasteiger partial charge >= 0.3 is 0 Å². The van der Waals surface area contributed by atoms with Gasteiger partial charge in [-0.1, -0.05) is 0 Å². The van der Waals surface area contributed by atoms with E-state index in [1.165, 1.54) is 0 Å². The smallest absolute Gasteiger partial charge is 0.242 e. The maximum absolute atomic E-state index is 5.64. The highest BCUT2D eigenvalue weighted by atomic mass is 15.2. The van der Waals surface area contributed by atoms with Gasteiger partial charge in [-0.3, -0.25) is 0 Å². The van der Waals surface area contributed by atoms with E-state index in [0.29, 0.717) is 5.95 Å². The van der Waals surface area contributed by atoms with Gasteiger partial charge in [-0.05, 0) is 33.6 Å². The first-order valence-corrected chi connectivity index (χ1v) is 5.27. The Kier molecular flexibility index (Phi) is 4.42. The predicted octanol–water partition coefficient (Wildman–Crippen LogP) is 1.03. The van der Waals surface area contributed by atoms with Crippen LogP contribution in [-0.2, 0) is 0 Å². The Bertz CT molecular complexity index is 311. The maximum atomic E-state index is 5.64. The number of aromatic nitrogens is 3. The summed E-state index contributed by atoms with van der Waals surface area (Å²) in [6.45, 7) is 6.67. The number of nitrogens with zero attached hydrogens (tertiary/aromatic N) is 3. The third-order valence-electron chi connectivity index (χ3n) is 2.21. The molecule has 0 amide bonds. The van der Waals surface area contributed by atoms with Gasteiger partial charge in [0.2, 0.25) is 5.95 Å². The fraction of sp³-hybridized carbons (Fsp3) is 0.700. The zero-order chi connectivity index (χ0) is 11.3. The van der Waals surface area contributed by atoms with E-state index in [4.69, 9.17) is 5.73 Å². The Morgan fingerprint density at radius 3 is 2.60 bits per heavy atom. The molecule has 0 aliphatic rings. The molecule has 0 spiro atoms. The molecule has 0 fully saturated rings. The fourth-order valence-corrected chi connectivity index (χ4v) is 1.16. The van der Waals surface area contributed by atoms with E-state index in [9.17, 15) is 0 Å². The fourth-order valence-electron chi connectivity index (χ4n) is 1.16. The maximum Gasteiger partial charge on any atom is 0.242 e. The Labute approximate surface area is 90.5 Å². The van der Waals surface area contributed by atoms with E-state index in [-0.39, 0.29) is 6.04 Å². The number of aryl methyl sites for hydroxylation is 2. The lowest BCUT2D eigenvalue weighted by Crippen LogP contribution is -2.16. The van der Waals surface area contributed by atoms with Crippen molar-refractivity contribution in [3.63, 3.8) is 0 Å². The molecule has 84 valence electrons. The van der Waals surface area contributed by atoms with Crippen LogP contribution in [0.5, 0.6) is 0 Å². The number of anilines is 1. The summed E-state index contributed by atoms with van der Waals surface area (Å²) in [4.78, 5) is 4.27. The summed E-state index contributed by atoms with van der Waals surface area (Å²) < 4.78 is 0. The lowest BCUT2D eigenvalue weighted by Gasteiger charge is -2.06.